The van der Waals surface area contributed by atoms with Crippen LogP contribution < -0.4 is 4.90 Å². The Bertz CT molecular complexity index is 1010. The molecule has 7 heteroatoms. The first kappa shape index (κ1) is 21.7. The minimum atomic E-state index is -1.22. The molecule has 7 nitrogen and oxygen atoms in total. The largest absolute Gasteiger partial charge is 0.463 e. The Kier molecular flexibility index (Phi) is 6.35. The van der Waals surface area contributed by atoms with Crippen LogP contribution in [-0.4, -0.2) is 30.4 Å². The molecule has 1 heterocycles. The third-order valence-corrected chi connectivity index (χ3v) is 6.01. The fourth-order valence-electron chi connectivity index (χ4n) is 4.46. The zero-order valence-corrected chi connectivity index (χ0v) is 17.9. The number of nitrogens with zero attached hydrogens (tertiary/aromatic N) is 1. The van der Waals surface area contributed by atoms with Gasteiger partial charge in [-0.2, -0.15) is 0 Å². The maximum Gasteiger partial charge on any atom is 0.352 e. The van der Waals surface area contributed by atoms with E-state index in [2.05, 4.69) is 0 Å². The highest BCUT2D eigenvalue weighted by Gasteiger charge is 2.48. The summed E-state index contributed by atoms with van der Waals surface area (Å²) in [5, 5.41) is 0. The number of fused-ring (bicyclic) bond motifs is 1. The van der Waals surface area contributed by atoms with Crippen LogP contribution in [-0.2, 0) is 23.9 Å². The number of benzene rings is 2. The third-order valence-electron chi connectivity index (χ3n) is 6.01. The van der Waals surface area contributed by atoms with Gasteiger partial charge in [0.1, 0.15) is 0 Å². The van der Waals surface area contributed by atoms with Gasteiger partial charge in [-0.15, -0.1) is 0 Å². The van der Waals surface area contributed by atoms with Gasteiger partial charge in [0.2, 0.25) is 17.9 Å². The van der Waals surface area contributed by atoms with Crippen molar-refractivity contribution in [1.29, 1.82) is 0 Å². The van der Waals surface area contributed by atoms with Crippen LogP contribution in [0, 0.1) is 11.8 Å². The van der Waals surface area contributed by atoms with Gasteiger partial charge in [-0.3, -0.25) is 14.5 Å². The molecule has 32 heavy (non-hydrogen) atoms. The Morgan fingerprint density at radius 3 is 2.25 bits per heavy atom. The van der Waals surface area contributed by atoms with Crippen molar-refractivity contribution in [2.75, 3.05) is 11.5 Å². The number of carbonyl (C=O) groups excluding carboxylic acids is 4. The molecule has 2 amide bonds. The first-order chi connectivity index (χ1) is 15.5. The normalized spacial score (nSPS) is 21.1. The van der Waals surface area contributed by atoms with Crippen LogP contribution in [0.5, 0.6) is 0 Å². The predicted octanol–water partition coefficient (Wildman–Crippen LogP) is 3.83. The Morgan fingerprint density at radius 1 is 0.969 bits per heavy atom. The lowest BCUT2D eigenvalue weighted by atomic mass is 9.81. The highest BCUT2D eigenvalue weighted by molar-refractivity contribution is 6.22. The molecule has 1 saturated heterocycles. The molecule has 0 bridgehead atoms. The molecule has 1 aliphatic carbocycles. The van der Waals surface area contributed by atoms with Crippen molar-refractivity contribution in [3.05, 3.63) is 65.7 Å². The molecule has 2 aromatic rings. The van der Waals surface area contributed by atoms with Crippen molar-refractivity contribution >= 4 is 29.4 Å². The average Bonchev–Trinajstić information content (AvgIpc) is 3.08. The summed E-state index contributed by atoms with van der Waals surface area (Å²) in [6.07, 6.45) is 2.09. The molecule has 0 unspecified atom stereocenters. The number of anilines is 1. The van der Waals surface area contributed by atoms with Crippen LogP contribution in [0.1, 0.15) is 54.6 Å². The molecule has 0 spiro atoms. The van der Waals surface area contributed by atoms with Gasteiger partial charge in [-0.05, 0) is 38.0 Å². The summed E-state index contributed by atoms with van der Waals surface area (Å²) in [7, 11) is 0. The average molecular weight is 435 g/mol. The fourth-order valence-corrected chi connectivity index (χ4v) is 4.46. The van der Waals surface area contributed by atoms with E-state index in [0.717, 1.165) is 12.8 Å². The Balaban J connectivity index is 1.57. The molecule has 2 aromatic carbocycles. The predicted molar refractivity (Wildman–Crippen MR) is 116 cm³/mol. The SMILES string of the molecule is CCOC(=O)[C@@H](OC(=O)c1cccc(N2C(=O)[C@H]3CCCC[C@H]3C2=O)c1)c1ccccc1. The lowest BCUT2D eigenvalue weighted by molar-refractivity contribution is -0.153. The minimum Gasteiger partial charge on any atom is -0.463 e. The number of carbonyl (C=O) groups is 4. The molecule has 4 rings (SSSR count). The highest BCUT2D eigenvalue weighted by Crippen LogP contribution is 2.40. The van der Waals surface area contributed by atoms with Crippen LogP contribution >= 0.6 is 0 Å². The first-order valence-corrected chi connectivity index (χ1v) is 10.9. The number of hydrogen-bond donors (Lipinski definition) is 0. The maximum absolute atomic E-state index is 12.9. The zero-order chi connectivity index (χ0) is 22.7. The number of imide groups is 1. The van der Waals surface area contributed by atoms with Gasteiger partial charge in [0.05, 0.1) is 29.7 Å². The van der Waals surface area contributed by atoms with Gasteiger partial charge in [0, 0.05) is 5.56 Å². The van der Waals surface area contributed by atoms with Crippen molar-refractivity contribution in [1.82, 2.24) is 0 Å². The second-order valence-corrected chi connectivity index (χ2v) is 8.01. The molecule has 1 aliphatic heterocycles. The number of ether oxygens (including phenoxy) is 2. The van der Waals surface area contributed by atoms with Crippen molar-refractivity contribution in [3.63, 3.8) is 0 Å². The van der Waals surface area contributed by atoms with Crippen LogP contribution in [0.15, 0.2) is 54.6 Å². The summed E-state index contributed by atoms with van der Waals surface area (Å²) in [6.45, 7) is 1.82. The van der Waals surface area contributed by atoms with Crippen LogP contribution in [0.25, 0.3) is 0 Å². The van der Waals surface area contributed by atoms with Crippen LogP contribution in [0.3, 0.4) is 0 Å². The molecular formula is C25H25NO6. The van der Waals surface area contributed by atoms with Crippen molar-refractivity contribution in [2.24, 2.45) is 11.8 Å². The molecular weight excluding hydrogens is 410 g/mol. The number of amides is 2. The van der Waals surface area contributed by atoms with Crippen molar-refractivity contribution < 1.29 is 28.7 Å². The summed E-state index contributed by atoms with van der Waals surface area (Å²) in [4.78, 5) is 52.3. The van der Waals surface area contributed by atoms with E-state index in [1.165, 1.54) is 17.0 Å². The topological polar surface area (TPSA) is 90.0 Å². The highest BCUT2D eigenvalue weighted by atomic mass is 16.6. The number of esters is 2. The summed E-state index contributed by atoms with van der Waals surface area (Å²) in [6, 6.07) is 14.8. The number of rotatable bonds is 6. The molecule has 166 valence electrons. The Labute approximate surface area is 186 Å². The van der Waals surface area contributed by atoms with Crippen LogP contribution in [0.4, 0.5) is 5.69 Å². The van der Waals surface area contributed by atoms with E-state index in [-0.39, 0.29) is 35.8 Å². The molecule has 0 aromatic heterocycles. The molecule has 2 fully saturated rings. The van der Waals surface area contributed by atoms with Gasteiger partial charge in [-0.25, -0.2) is 9.59 Å². The van der Waals surface area contributed by atoms with Gasteiger partial charge >= 0.3 is 11.9 Å². The zero-order valence-electron chi connectivity index (χ0n) is 17.9. The maximum atomic E-state index is 12.9. The standard InChI is InChI=1S/C25H25NO6/c1-2-31-25(30)21(16-9-4-3-5-10-16)32-24(29)17-11-8-12-18(15-17)26-22(27)19-13-6-7-14-20(19)23(26)28/h3-5,8-12,15,19-21H,2,6-7,13-14H2,1H3/t19-,20+,21-/m0/s1. The first-order valence-electron chi connectivity index (χ1n) is 10.9. The van der Waals surface area contributed by atoms with Gasteiger partial charge in [0.25, 0.3) is 0 Å². The monoisotopic (exact) mass is 435 g/mol. The summed E-state index contributed by atoms with van der Waals surface area (Å²) in [5.74, 6) is -2.39. The molecule has 2 aliphatic rings. The van der Waals surface area contributed by atoms with Crippen molar-refractivity contribution in [3.8, 4) is 0 Å². The summed E-state index contributed by atoms with van der Waals surface area (Å²) >= 11 is 0. The van der Waals surface area contributed by atoms with E-state index in [1.54, 1.807) is 49.4 Å². The Morgan fingerprint density at radius 2 is 1.62 bits per heavy atom. The Hall–Kier alpha value is -3.48. The number of hydrogen-bond acceptors (Lipinski definition) is 6. The third kappa shape index (κ3) is 4.15. The summed E-state index contributed by atoms with van der Waals surface area (Å²) < 4.78 is 10.6. The van der Waals surface area contributed by atoms with E-state index in [9.17, 15) is 19.2 Å². The van der Waals surface area contributed by atoms with E-state index in [0.29, 0.717) is 24.1 Å². The smallest absolute Gasteiger partial charge is 0.352 e. The molecule has 0 radical (unpaired) electrons. The van der Waals surface area contributed by atoms with E-state index in [1.807, 2.05) is 0 Å². The molecule has 0 N–H and O–H groups in total. The van der Waals surface area contributed by atoms with Gasteiger partial charge in [0.15, 0.2) is 0 Å². The van der Waals surface area contributed by atoms with Gasteiger partial charge < -0.3 is 9.47 Å². The quantitative estimate of drug-likeness (QED) is 0.506. The fraction of sp³-hybridized carbons (Fsp3) is 0.360. The van der Waals surface area contributed by atoms with Crippen LogP contribution in [0.2, 0.25) is 0 Å². The molecule has 1 saturated carbocycles. The van der Waals surface area contributed by atoms with E-state index in [4.69, 9.17) is 9.47 Å². The second kappa shape index (κ2) is 9.34. The minimum absolute atomic E-state index is 0.142. The second-order valence-electron chi connectivity index (χ2n) is 8.01. The van der Waals surface area contributed by atoms with E-state index < -0.39 is 18.0 Å². The van der Waals surface area contributed by atoms with Gasteiger partial charge in [-0.1, -0.05) is 49.2 Å². The van der Waals surface area contributed by atoms with E-state index >= 15 is 0 Å². The lowest BCUT2D eigenvalue weighted by Gasteiger charge is -2.19. The van der Waals surface area contributed by atoms with Crippen molar-refractivity contribution in [2.45, 2.75) is 38.7 Å². The molecule has 3 atom stereocenters. The summed E-state index contributed by atoms with van der Waals surface area (Å²) in [5.41, 5.74) is 0.976. The lowest BCUT2D eigenvalue weighted by Crippen LogP contribution is -2.31.